The van der Waals surface area contributed by atoms with Crippen LogP contribution in [0.2, 0.25) is 0 Å². The Hall–Kier alpha value is -10.7. The van der Waals surface area contributed by atoms with Crippen LogP contribution in [0.15, 0.2) is 324 Å². The smallest absolute Gasteiger partial charge is 0.137 e. The number of benzene rings is 12. The molecule has 3 aliphatic carbocycles. The summed E-state index contributed by atoms with van der Waals surface area (Å²) in [5, 5.41) is 4.31. The van der Waals surface area contributed by atoms with Crippen molar-refractivity contribution in [2.45, 2.75) is 16.9 Å². The van der Waals surface area contributed by atoms with Crippen LogP contribution >= 0.6 is 0 Å². The highest BCUT2D eigenvalue weighted by Crippen LogP contribution is 2.62. The largest absolute Gasteiger partial charge is 0.456 e. The number of fused-ring (bicyclic) bond motifs is 12. The minimum atomic E-state index is -0.611. The molecule has 0 aliphatic heterocycles. The summed E-state index contributed by atoms with van der Waals surface area (Å²) in [5.41, 5.74) is 21.2. The average molecular weight is 1080 g/mol. The van der Waals surface area contributed by atoms with Crippen molar-refractivity contribution in [1.82, 2.24) is 0 Å². The molecule has 0 fully saturated rings. The van der Waals surface area contributed by atoms with E-state index in [0.717, 1.165) is 72.3 Å². The lowest BCUT2D eigenvalue weighted by molar-refractivity contribution is 0.437. The molecular weight excluding hydrogens is 1020 g/mol. The van der Waals surface area contributed by atoms with Crippen molar-refractivity contribution >= 4 is 77.9 Å². The number of anilines is 5. The molecular formula is C80H54N2O2. The van der Waals surface area contributed by atoms with Crippen molar-refractivity contribution < 1.29 is 8.83 Å². The van der Waals surface area contributed by atoms with E-state index in [2.05, 4.69) is 325 Å². The molecule has 2 heterocycles. The first-order valence-electron chi connectivity index (χ1n) is 29.1. The normalized spacial score (nSPS) is 16.1. The molecule has 396 valence electrons. The molecule has 84 heavy (non-hydrogen) atoms. The molecule has 0 N–H and O–H groups in total. The Morgan fingerprint density at radius 1 is 0.333 bits per heavy atom. The summed E-state index contributed by atoms with van der Waals surface area (Å²) in [6.07, 6.45) is 7.11. The SMILES string of the molecule is C1=CC(N(c2cccc(N(c3ccc4c(c3)C(c3ccccc3)(c3ccccc3)c3ccccc3-4)c3cccc4oc5ccccc5c34)c2)c2ccc3c(c2)oc2ccccc23)C2C(=C1)c1ccccc1C2(c1ccccc1)c1ccccc1. The molecule has 0 bridgehead atoms. The van der Waals surface area contributed by atoms with Crippen LogP contribution in [-0.2, 0) is 10.8 Å². The molecule has 0 saturated carbocycles. The molecule has 2 aromatic heterocycles. The van der Waals surface area contributed by atoms with Gasteiger partial charge in [0.1, 0.15) is 22.3 Å². The fourth-order valence-electron chi connectivity index (χ4n) is 15.2. The second kappa shape index (κ2) is 19.0. The molecule has 0 saturated heterocycles. The van der Waals surface area contributed by atoms with E-state index in [0.29, 0.717) is 0 Å². The predicted octanol–water partition coefficient (Wildman–Crippen LogP) is 20.4. The van der Waals surface area contributed by atoms with E-state index in [4.69, 9.17) is 8.83 Å². The zero-order chi connectivity index (χ0) is 55.3. The molecule has 17 rings (SSSR count). The van der Waals surface area contributed by atoms with E-state index in [1.165, 1.54) is 61.2 Å². The second-order valence-corrected chi connectivity index (χ2v) is 22.6. The molecule has 2 atom stereocenters. The van der Waals surface area contributed by atoms with Gasteiger partial charge < -0.3 is 18.6 Å². The summed E-state index contributed by atoms with van der Waals surface area (Å²) in [5.74, 6) is -0.0793. The first-order valence-corrected chi connectivity index (χ1v) is 29.1. The summed E-state index contributed by atoms with van der Waals surface area (Å²) in [4.78, 5) is 5.07. The summed E-state index contributed by atoms with van der Waals surface area (Å²) < 4.78 is 13.5. The van der Waals surface area contributed by atoms with E-state index in [-0.39, 0.29) is 12.0 Å². The van der Waals surface area contributed by atoms with Gasteiger partial charge in [0.2, 0.25) is 0 Å². The minimum Gasteiger partial charge on any atom is -0.456 e. The van der Waals surface area contributed by atoms with Gasteiger partial charge in [0, 0.05) is 50.9 Å². The molecule has 12 aromatic carbocycles. The van der Waals surface area contributed by atoms with Gasteiger partial charge in [-0.2, -0.15) is 0 Å². The highest BCUT2D eigenvalue weighted by Gasteiger charge is 2.56. The third kappa shape index (κ3) is 6.95. The molecule has 4 heteroatoms. The Morgan fingerprint density at radius 2 is 0.845 bits per heavy atom. The van der Waals surface area contributed by atoms with Crippen LogP contribution < -0.4 is 9.80 Å². The molecule has 3 aliphatic rings. The first-order chi connectivity index (χ1) is 41.7. The molecule has 0 radical (unpaired) electrons. The molecule has 2 unspecified atom stereocenters. The van der Waals surface area contributed by atoms with Gasteiger partial charge in [-0.1, -0.05) is 243 Å². The van der Waals surface area contributed by atoms with Gasteiger partial charge in [-0.15, -0.1) is 0 Å². The standard InChI is InChI=1S/C80H54N2O2/c1-5-24-53(25-6-1)79(54-26-7-2-8-27-54)68-39-17-13-34-61(68)63-48-46-59(51-70(63)79)81(71-41-23-45-75-77(71)67-37-16-20-44-74(67)83-75)57-32-21-33-58(50-57)82(60-47-49-65-64-36-15-19-43-73(64)84-76(65)52-60)72-42-22-38-66-62-35-14-18-40-69(62)80(78(66)72,55-28-9-3-10-29-55)56-30-11-4-12-31-56/h1-52,72,78H. The zero-order valence-corrected chi connectivity index (χ0v) is 45.9. The number of para-hydroxylation sites is 2. The van der Waals surface area contributed by atoms with Crippen LogP contribution in [0, 0.1) is 5.92 Å². The molecule has 0 amide bonds. The monoisotopic (exact) mass is 1070 g/mol. The molecule has 14 aromatic rings. The van der Waals surface area contributed by atoms with Gasteiger partial charge in [-0.3, -0.25) is 0 Å². The van der Waals surface area contributed by atoms with Crippen molar-refractivity contribution in [3.05, 3.63) is 360 Å². The third-order valence-electron chi connectivity index (χ3n) is 18.5. The maximum absolute atomic E-state index is 6.80. The van der Waals surface area contributed by atoms with E-state index in [1.807, 2.05) is 0 Å². The van der Waals surface area contributed by atoms with Crippen molar-refractivity contribution in [2.75, 3.05) is 9.80 Å². The Morgan fingerprint density at radius 3 is 1.57 bits per heavy atom. The van der Waals surface area contributed by atoms with Gasteiger partial charge in [0.25, 0.3) is 0 Å². The highest BCUT2D eigenvalue weighted by atomic mass is 16.3. The lowest BCUT2D eigenvalue weighted by Gasteiger charge is -2.46. The quantitative estimate of drug-likeness (QED) is 0.137. The van der Waals surface area contributed by atoms with Gasteiger partial charge >= 0.3 is 0 Å². The molecule has 0 spiro atoms. The Balaban J connectivity index is 0.930. The Labute approximate surface area is 487 Å². The van der Waals surface area contributed by atoms with Crippen LogP contribution in [-0.4, -0.2) is 6.04 Å². The van der Waals surface area contributed by atoms with E-state index >= 15 is 0 Å². The van der Waals surface area contributed by atoms with Gasteiger partial charge in [-0.05, 0) is 128 Å². The van der Waals surface area contributed by atoms with Crippen molar-refractivity contribution in [3.8, 4) is 11.1 Å². The van der Waals surface area contributed by atoms with Crippen molar-refractivity contribution in [1.29, 1.82) is 0 Å². The Bertz CT molecular complexity index is 4860. The topological polar surface area (TPSA) is 32.8 Å². The number of furan rings is 2. The Kier molecular flexibility index (Phi) is 10.8. The summed E-state index contributed by atoms with van der Waals surface area (Å²) >= 11 is 0. The average Bonchev–Trinajstić information content (AvgIpc) is 1.77. The van der Waals surface area contributed by atoms with Gasteiger partial charge in [0.05, 0.1) is 27.9 Å². The fraction of sp³-hybridized carbons (Fsp3) is 0.0500. The molecule has 4 nitrogen and oxygen atoms in total. The second-order valence-electron chi connectivity index (χ2n) is 22.6. The van der Waals surface area contributed by atoms with Crippen LogP contribution in [0.4, 0.5) is 28.4 Å². The lowest BCUT2D eigenvalue weighted by atomic mass is 9.61. The number of rotatable bonds is 10. The summed E-state index contributed by atoms with van der Waals surface area (Å²) in [7, 11) is 0. The number of hydrogen-bond donors (Lipinski definition) is 0. The zero-order valence-electron chi connectivity index (χ0n) is 45.9. The number of allylic oxidation sites excluding steroid dienone is 2. The van der Waals surface area contributed by atoms with Crippen LogP contribution in [0.3, 0.4) is 0 Å². The number of nitrogens with zero attached hydrogens (tertiary/aromatic N) is 2. The first kappa shape index (κ1) is 48.1. The highest BCUT2D eigenvalue weighted by molar-refractivity contribution is 6.13. The lowest BCUT2D eigenvalue weighted by Crippen LogP contribution is -2.47. The maximum atomic E-state index is 6.80. The van der Waals surface area contributed by atoms with Gasteiger partial charge in [-0.25, -0.2) is 0 Å². The maximum Gasteiger partial charge on any atom is 0.137 e. The van der Waals surface area contributed by atoms with Crippen LogP contribution in [0.5, 0.6) is 0 Å². The van der Waals surface area contributed by atoms with E-state index in [9.17, 15) is 0 Å². The predicted molar refractivity (Wildman–Crippen MR) is 345 cm³/mol. The van der Waals surface area contributed by atoms with Crippen molar-refractivity contribution in [2.24, 2.45) is 5.92 Å². The van der Waals surface area contributed by atoms with Crippen LogP contribution in [0.1, 0.15) is 44.5 Å². The van der Waals surface area contributed by atoms with E-state index in [1.54, 1.807) is 0 Å². The van der Waals surface area contributed by atoms with Crippen LogP contribution in [0.25, 0.3) is 60.6 Å². The number of hydrogen-bond acceptors (Lipinski definition) is 4. The van der Waals surface area contributed by atoms with Crippen molar-refractivity contribution in [3.63, 3.8) is 0 Å². The summed E-state index contributed by atoms with van der Waals surface area (Å²) in [6.45, 7) is 0. The van der Waals surface area contributed by atoms with E-state index < -0.39 is 10.8 Å². The van der Waals surface area contributed by atoms with Gasteiger partial charge in [0.15, 0.2) is 0 Å². The minimum absolute atomic E-state index is 0.0793. The fourth-order valence-corrected chi connectivity index (χ4v) is 15.2. The summed E-state index contributed by atoms with van der Waals surface area (Å²) in [6, 6.07) is 109. The third-order valence-corrected chi connectivity index (χ3v) is 18.5.